The number of hydrogen-bond acceptors (Lipinski definition) is 3. The van der Waals surface area contributed by atoms with Crippen LogP contribution in [0.2, 0.25) is 5.02 Å². The fourth-order valence-electron chi connectivity index (χ4n) is 3.79. The minimum absolute atomic E-state index is 0.240. The van der Waals surface area contributed by atoms with Crippen LogP contribution in [0.4, 0.5) is 5.69 Å². The summed E-state index contributed by atoms with van der Waals surface area (Å²) in [6, 6.07) is 11.8. The third-order valence-corrected chi connectivity index (χ3v) is 6.20. The van der Waals surface area contributed by atoms with E-state index in [1.165, 1.54) is 5.56 Å². The highest BCUT2D eigenvalue weighted by molar-refractivity contribution is 9.10. The Morgan fingerprint density at radius 3 is 2.61 bits per heavy atom. The molecule has 1 aliphatic heterocycles. The molecule has 0 saturated carbocycles. The Morgan fingerprint density at radius 2 is 1.82 bits per heavy atom. The van der Waals surface area contributed by atoms with Crippen LogP contribution in [0.1, 0.15) is 25.0 Å². The summed E-state index contributed by atoms with van der Waals surface area (Å²) in [7, 11) is 0. The molecule has 0 spiro atoms. The largest absolute Gasteiger partial charge is 0.264 e. The third kappa shape index (κ3) is 2.61. The molecule has 2 aromatic heterocycles. The maximum Gasteiger partial charge on any atom is 0.0769 e. The normalized spacial score (nSPS) is 14.9. The van der Waals surface area contributed by atoms with Gasteiger partial charge in [0.2, 0.25) is 0 Å². The van der Waals surface area contributed by atoms with Gasteiger partial charge in [-0.15, -0.1) is 0 Å². The lowest BCUT2D eigenvalue weighted by molar-refractivity contribution is 0.737. The third-order valence-electron chi connectivity index (χ3n) is 5.30. The molecule has 2 aromatic carbocycles. The molecule has 0 bridgehead atoms. The molecule has 1 aliphatic rings. The van der Waals surface area contributed by atoms with Crippen molar-refractivity contribution in [1.82, 2.24) is 14.8 Å². The molecule has 28 heavy (non-hydrogen) atoms. The quantitative estimate of drug-likeness (QED) is 0.361. The smallest absolute Gasteiger partial charge is 0.0769 e. The molecule has 0 atom stereocenters. The summed E-state index contributed by atoms with van der Waals surface area (Å²) >= 11 is 9.71. The number of fused-ring (bicyclic) bond motifs is 3. The van der Waals surface area contributed by atoms with Gasteiger partial charge in [0.1, 0.15) is 0 Å². The molecule has 3 heterocycles. The Labute approximate surface area is 176 Å². The van der Waals surface area contributed by atoms with Crippen LogP contribution in [0.3, 0.4) is 0 Å². The number of rotatable bonds is 2. The monoisotopic (exact) mass is 450 g/mol. The second kappa shape index (κ2) is 6.26. The minimum atomic E-state index is -0.240. The predicted octanol–water partition coefficient (Wildman–Crippen LogP) is 6.25. The molecule has 0 N–H and O–H groups in total. The van der Waals surface area contributed by atoms with E-state index in [4.69, 9.17) is 16.6 Å². The number of nitrogens with zero attached hydrogens (tertiary/aromatic N) is 4. The number of pyridine rings is 1. The number of aliphatic imine (C=N–C) groups is 1. The predicted molar refractivity (Wildman–Crippen MR) is 117 cm³/mol. The first kappa shape index (κ1) is 17.6. The van der Waals surface area contributed by atoms with E-state index >= 15 is 0 Å². The molecule has 0 saturated heterocycles. The first-order valence-corrected chi connectivity index (χ1v) is 10.1. The Morgan fingerprint density at radius 1 is 1.04 bits per heavy atom. The van der Waals surface area contributed by atoms with Crippen molar-refractivity contribution in [1.29, 1.82) is 0 Å². The van der Waals surface area contributed by atoms with Gasteiger partial charge in [0.25, 0.3) is 0 Å². The van der Waals surface area contributed by atoms with Crippen molar-refractivity contribution in [2.75, 3.05) is 0 Å². The summed E-state index contributed by atoms with van der Waals surface area (Å²) in [6.45, 7) is 4.40. The van der Waals surface area contributed by atoms with Crippen LogP contribution in [0.25, 0.3) is 16.5 Å². The van der Waals surface area contributed by atoms with Crippen LogP contribution < -0.4 is 0 Å². The van der Waals surface area contributed by atoms with Gasteiger partial charge in [-0.1, -0.05) is 41.4 Å². The van der Waals surface area contributed by atoms with E-state index in [2.05, 4.69) is 45.9 Å². The van der Waals surface area contributed by atoms with Crippen molar-refractivity contribution in [2.45, 2.75) is 19.3 Å². The van der Waals surface area contributed by atoms with Crippen molar-refractivity contribution in [3.8, 4) is 5.69 Å². The van der Waals surface area contributed by atoms with E-state index in [1.807, 2.05) is 53.6 Å². The minimum Gasteiger partial charge on any atom is -0.264 e. The van der Waals surface area contributed by atoms with Gasteiger partial charge in [0, 0.05) is 49.8 Å². The highest BCUT2D eigenvalue weighted by Gasteiger charge is 2.37. The maximum atomic E-state index is 6.00. The Balaban J connectivity index is 1.65. The van der Waals surface area contributed by atoms with Crippen LogP contribution >= 0.6 is 27.5 Å². The van der Waals surface area contributed by atoms with Crippen molar-refractivity contribution >= 4 is 49.7 Å². The van der Waals surface area contributed by atoms with Gasteiger partial charge in [-0.05, 0) is 42.0 Å². The molecule has 0 fully saturated rings. The molecule has 0 radical (unpaired) electrons. The standard InChI is InChI=1S/C22H16BrClN4/c1-22(2)18-9-19(23)16-7-8-25-11-17(16)20(18)27-21(22)13-10-26-28(12-13)15-5-3-14(24)4-6-15/h3-12H,1-2H3. The van der Waals surface area contributed by atoms with Crippen molar-refractivity contribution in [3.63, 3.8) is 0 Å². The summed E-state index contributed by atoms with van der Waals surface area (Å²) in [6.07, 6.45) is 7.58. The molecule has 0 aliphatic carbocycles. The van der Waals surface area contributed by atoms with Crippen LogP contribution in [0, 0.1) is 0 Å². The second-order valence-corrected chi connectivity index (χ2v) is 8.70. The van der Waals surface area contributed by atoms with Crippen molar-refractivity contribution < 1.29 is 0 Å². The van der Waals surface area contributed by atoms with E-state index in [9.17, 15) is 0 Å². The van der Waals surface area contributed by atoms with Crippen molar-refractivity contribution in [2.24, 2.45) is 4.99 Å². The molecule has 6 heteroatoms. The van der Waals surface area contributed by atoms with Gasteiger partial charge in [0.05, 0.1) is 23.3 Å². The zero-order valence-corrected chi connectivity index (χ0v) is 17.7. The summed E-state index contributed by atoms with van der Waals surface area (Å²) in [5.74, 6) is 0. The summed E-state index contributed by atoms with van der Waals surface area (Å²) in [5, 5.41) is 7.42. The van der Waals surface area contributed by atoms with Crippen molar-refractivity contribution in [3.05, 3.63) is 81.8 Å². The number of benzene rings is 2. The summed E-state index contributed by atoms with van der Waals surface area (Å²) in [4.78, 5) is 9.36. The van der Waals surface area contributed by atoms with Gasteiger partial charge in [-0.2, -0.15) is 5.10 Å². The Kier molecular flexibility index (Phi) is 3.93. The fraction of sp³-hybridized carbons (Fsp3) is 0.136. The maximum absolute atomic E-state index is 6.00. The fourth-order valence-corrected chi connectivity index (χ4v) is 4.49. The molecule has 0 unspecified atom stereocenters. The van der Waals surface area contributed by atoms with E-state index < -0.39 is 0 Å². The van der Waals surface area contributed by atoms with E-state index in [1.54, 1.807) is 6.20 Å². The average molecular weight is 452 g/mol. The molecule has 5 rings (SSSR count). The zero-order chi connectivity index (χ0) is 19.5. The van der Waals surface area contributed by atoms with E-state index in [0.717, 1.165) is 37.9 Å². The first-order valence-electron chi connectivity index (χ1n) is 8.92. The molecular weight excluding hydrogens is 436 g/mol. The second-order valence-electron chi connectivity index (χ2n) is 7.41. The van der Waals surface area contributed by atoms with Gasteiger partial charge in [0.15, 0.2) is 0 Å². The molecule has 138 valence electrons. The van der Waals surface area contributed by atoms with E-state index in [0.29, 0.717) is 5.02 Å². The first-order chi connectivity index (χ1) is 13.4. The molecule has 4 aromatic rings. The lowest BCUT2D eigenvalue weighted by Gasteiger charge is -2.22. The number of aromatic nitrogens is 3. The van der Waals surface area contributed by atoms with E-state index in [-0.39, 0.29) is 5.41 Å². The molecule has 0 amide bonds. The molecular formula is C22H16BrClN4. The molecule has 4 nitrogen and oxygen atoms in total. The van der Waals surface area contributed by atoms with Crippen LogP contribution in [0.5, 0.6) is 0 Å². The Bertz CT molecular complexity index is 1260. The lowest BCUT2D eigenvalue weighted by Crippen LogP contribution is -2.26. The van der Waals surface area contributed by atoms with Gasteiger partial charge < -0.3 is 0 Å². The van der Waals surface area contributed by atoms with Crippen LogP contribution in [0.15, 0.2) is 70.7 Å². The zero-order valence-electron chi connectivity index (χ0n) is 15.3. The number of halogens is 2. The number of hydrogen-bond donors (Lipinski definition) is 0. The van der Waals surface area contributed by atoms with Crippen LogP contribution in [-0.4, -0.2) is 20.5 Å². The highest BCUT2D eigenvalue weighted by Crippen LogP contribution is 2.47. The van der Waals surface area contributed by atoms with Gasteiger partial charge in [-0.3, -0.25) is 9.98 Å². The SMILES string of the molecule is CC1(C)C(c2cnn(-c3ccc(Cl)cc3)c2)=Nc2c1cc(Br)c1ccncc21. The topological polar surface area (TPSA) is 43.1 Å². The average Bonchev–Trinajstić information content (AvgIpc) is 3.26. The summed E-state index contributed by atoms with van der Waals surface area (Å²) < 4.78 is 2.91. The van der Waals surface area contributed by atoms with Gasteiger partial charge >= 0.3 is 0 Å². The Hall–Kier alpha value is -2.50. The highest BCUT2D eigenvalue weighted by atomic mass is 79.9. The summed E-state index contributed by atoms with van der Waals surface area (Å²) in [5.41, 5.74) is 4.91. The lowest BCUT2D eigenvalue weighted by atomic mass is 9.79. The van der Waals surface area contributed by atoms with Gasteiger partial charge in [-0.25, -0.2) is 4.68 Å². The van der Waals surface area contributed by atoms with Crippen LogP contribution in [-0.2, 0) is 5.41 Å².